The normalized spacial score (nSPS) is 22.7. The van der Waals surface area contributed by atoms with E-state index >= 15 is 0 Å². The lowest BCUT2D eigenvalue weighted by molar-refractivity contribution is -0.139. The van der Waals surface area contributed by atoms with Crippen molar-refractivity contribution in [1.29, 1.82) is 0 Å². The summed E-state index contributed by atoms with van der Waals surface area (Å²) in [5, 5.41) is 12.2. The molecule has 6 nitrogen and oxygen atoms in total. The Morgan fingerprint density at radius 2 is 1.82 bits per heavy atom. The Bertz CT molecular complexity index is 990. The third kappa shape index (κ3) is 5.42. The molecule has 2 saturated carbocycles. The smallest absolute Gasteiger partial charge is 0.326 e. The van der Waals surface area contributed by atoms with Crippen LogP contribution >= 0.6 is 0 Å². The summed E-state index contributed by atoms with van der Waals surface area (Å²) in [4.78, 5) is 29.6. The fraction of sp³-hybridized carbons (Fsp3) is 0.667. The molecule has 2 aromatic rings. The number of benzene rings is 1. The summed E-state index contributed by atoms with van der Waals surface area (Å²) in [6.07, 6.45) is 11.6. The molecule has 3 unspecified atom stereocenters. The molecule has 4 rings (SSSR count). The summed E-state index contributed by atoms with van der Waals surface area (Å²) in [5.41, 5.74) is 2.44. The molecule has 2 fully saturated rings. The molecular weight excluding hydrogens is 414 g/mol. The van der Waals surface area contributed by atoms with Gasteiger partial charge in [0, 0.05) is 18.0 Å². The largest absolute Gasteiger partial charge is 0.480 e. The number of aliphatic carboxylic acids is 1. The van der Waals surface area contributed by atoms with Crippen LogP contribution in [0.25, 0.3) is 11.0 Å². The van der Waals surface area contributed by atoms with Crippen molar-refractivity contribution >= 4 is 22.9 Å². The number of nitrogens with zero attached hydrogens (tertiary/aromatic N) is 2. The SMILES string of the molecule is CC(C)CC(NC(=O)c1ccc2c(c1)nc(CC1CCCC1)n2C1CCCCC1C)C(=O)O. The van der Waals surface area contributed by atoms with Crippen molar-refractivity contribution in [3.05, 3.63) is 29.6 Å². The number of fused-ring (bicyclic) bond motifs is 1. The number of amides is 1. The van der Waals surface area contributed by atoms with Gasteiger partial charge in [0.15, 0.2) is 0 Å². The first kappa shape index (κ1) is 23.8. The van der Waals surface area contributed by atoms with Gasteiger partial charge in [-0.1, -0.05) is 59.3 Å². The van der Waals surface area contributed by atoms with Gasteiger partial charge >= 0.3 is 5.97 Å². The molecule has 0 bridgehead atoms. The number of rotatable bonds is 8. The zero-order valence-electron chi connectivity index (χ0n) is 20.3. The van der Waals surface area contributed by atoms with Gasteiger partial charge < -0.3 is 15.0 Å². The highest BCUT2D eigenvalue weighted by atomic mass is 16.4. The Morgan fingerprint density at radius 3 is 2.48 bits per heavy atom. The molecule has 2 N–H and O–H groups in total. The lowest BCUT2D eigenvalue weighted by atomic mass is 9.85. The minimum absolute atomic E-state index is 0.181. The van der Waals surface area contributed by atoms with Crippen molar-refractivity contribution in [2.75, 3.05) is 0 Å². The maximum absolute atomic E-state index is 12.9. The molecule has 1 aromatic carbocycles. The Hall–Kier alpha value is -2.37. The van der Waals surface area contributed by atoms with Gasteiger partial charge in [0.1, 0.15) is 11.9 Å². The van der Waals surface area contributed by atoms with Crippen molar-refractivity contribution in [2.45, 2.75) is 97.1 Å². The first-order chi connectivity index (χ1) is 15.8. The van der Waals surface area contributed by atoms with Crippen molar-refractivity contribution < 1.29 is 14.7 Å². The lowest BCUT2D eigenvalue weighted by Crippen LogP contribution is -2.41. The monoisotopic (exact) mass is 453 g/mol. The Balaban J connectivity index is 1.65. The van der Waals surface area contributed by atoms with Crippen LogP contribution in [0.5, 0.6) is 0 Å². The van der Waals surface area contributed by atoms with E-state index < -0.39 is 12.0 Å². The first-order valence-corrected chi connectivity index (χ1v) is 12.9. The van der Waals surface area contributed by atoms with Gasteiger partial charge in [0.2, 0.25) is 0 Å². The number of carbonyl (C=O) groups is 2. The third-order valence-corrected chi connectivity index (χ3v) is 7.68. The molecule has 1 heterocycles. The van der Waals surface area contributed by atoms with Crippen LogP contribution in [-0.2, 0) is 11.2 Å². The van der Waals surface area contributed by atoms with Crippen molar-refractivity contribution in [1.82, 2.24) is 14.9 Å². The van der Waals surface area contributed by atoms with Crippen LogP contribution in [0.3, 0.4) is 0 Å². The molecule has 0 saturated heterocycles. The summed E-state index contributed by atoms with van der Waals surface area (Å²) in [5.74, 6) is 1.33. The minimum atomic E-state index is -0.993. The van der Waals surface area contributed by atoms with Crippen LogP contribution in [0.15, 0.2) is 18.2 Å². The van der Waals surface area contributed by atoms with Gasteiger partial charge in [-0.3, -0.25) is 4.79 Å². The predicted octanol–water partition coefficient (Wildman–Crippen LogP) is 5.75. The fourth-order valence-corrected chi connectivity index (χ4v) is 5.89. The summed E-state index contributed by atoms with van der Waals surface area (Å²) in [6.45, 7) is 6.27. The summed E-state index contributed by atoms with van der Waals surface area (Å²) in [7, 11) is 0. The maximum atomic E-state index is 12.9. The van der Waals surface area contributed by atoms with Gasteiger partial charge in [-0.2, -0.15) is 0 Å². The highest BCUT2D eigenvalue weighted by Gasteiger charge is 2.29. The van der Waals surface area contributed by atoms with Crippen LogP contribution in [-0.4, -0.2) is 32.6 Å². The quantitative estimate of drug-likeness (QED) is 0.533. The van der Waals surface area contributed by atoms with E-state index in [1.54, 1.807) is 0 Å². The number of hydrogen-bond acceptors (Lipinski definition) is 3. The number of hydrogen-bond donors (Lipinski definition) is 2. The van der Waals surface area contributed by atoms with E-state index in [9.17, 15) is 14.7 Å². The second kappa shape index (κ2) is 10.3. The number of aromatic nitrogens is 2. The van der Waals surface area contributed by atoms with E-state index in [0.29, 0.717) is 29.9 Å². The van der Waals surface area contributed by atoms with E-state index in [1.165, 1.54) is 51.4 Å². The number of nitrogens with one attached hydrogen (secondary N) is 1. The Labute approximate surface area is 197 Å². The Kier molecular flexibility index (Phi) is 7.40. The number of carboxylic acids is 1. The second-order valence-electron chi connectivity index (χ2n) is 10.8. The van der Waals surface area contributed by atoms with E-state index in [-0.39, 0.29) is 11.8 Å². The predicted molar refractivity (Wildman–Crippen MR) is 130 cm³/mol. The van der Waals surface area contributed by atoms with E-state index in [0.717, 1.165) is 23.3 Å². The van der Waals surface area contributed by atoms with Crippen LogP contribution in [0.2, 0.25) is 0 Å². The van der Waals surface area contributed by atoms with E-state index in [4.69, 9.17) is 4.98 Å². The molecule has 0 spiro atoms. The van der Waals surface area contributed by atoms with Gasteiger partial charge in [0.25, 0.3) is 5.91 Å². The number of carbonyl (C=O) groups excluding carboxylic acids is 1. The lowest BCUT2D eigenvalue weighted by Gasteiger charge is -2.32. The molecule has 2 aliphatic rings. The van der Waals surface area contributed by atoms with Crippen molar-refractivity contribution in [3.8, 4) is 0 Å². The van der Waals surface area contributed by atoms with Crippen LogP contribution < -0.4 is 5.32 Å². The average molecular weight is 454 g/mol. The molecular formula is C27H39N3O3. The number of carboxylic acid groups (broad SMARTS) is 1. The van der Waals surface area contributed by atoms with Gasteiger partial charge in [-0.25, -0.2) is 9.78 Å². The van der Waals surface area contributed by atoms with Crippen LogP contribution in [0, 0.1) is 17.8 Å². The molecule has 2 aliphatic carbocycles. The minimum Gasteiger partial charge on any atom is -0.480 e. The van der Waals surface area contributed by atoms with Gasteiger partial charge in [0.05, 0.1) is 11.0 Å². The zero-order chi connectivity index (χ0) is 23.5. The van der Waals surface area contributed by atoms with E-state index in [2.05, 4.69) is 16.8 Å². The molecule has 3 atom stereocenters. The van der Waals surface area contributed by atoms with Crippen molar-refractivity contribution in [3.63, 3.8) is 0 Å². The fourth-order valence-electron chi connectivity index (χ4n) is 5.89. The van der Waals surface area contributed by atoms with Gasteiger partial charge in [-0.15, -0.1) is 0 Å². The first-order valence-electron chi connectivity index (χ1n) is 12.9. The highest BCUT2D eigenvalue weighted by Crippen LogP contribution is 2.38. The van der Waals surface area contributed by atoms with Crippen LogP contribution in [0.1, 0.15) is 101 Å². The molecule has 180 valence electrons. The number of imidazole rings is 1. The molecule has 1 amide bonds. The molecule has 33 heavy (non-hydrogen) atoms. The zero-order valence-corrected chi connectivity index (χ0v) is 20.3. The summed E-state index contributed by atoms with van der Waals surface area (Å²) < 4.78 is 2.48. The molecule has 0 radical (unpaired) electrons. The molecule has 6 heteroatoms. The van der Waals surface area contributed by atoms with E-state index in [1.807, 2.05) is 32.0 Å². The second-order valence-corrected chi connectivity index (χ2v) is 10.8. The van der Waals surface area contributed by atoms with Crippen molar-refractivity contribution in [2.24, 2.45) is 17.8 Å². The third-order valence-electron chi connectivity index (χ3n) is 7.68. The van der Waals surface area contributed by atoms with Crippen LogP contribution in [0.4, 0.5) is 0 Å². The standard InChI is InChI=1S/C27H39N3O3/c1-17(2)14-22(27(32)33)29-26(31)20-12-13-24-21(16-20)28-25(15-19-9-5-6-10-19)30(24)23-11-7-4-8-18(23)3/h12-13,16-19,22-23H,4-11,14-15H2,1-3H3,(H,29,31)(H,32,33). The topological polar surface area (TPSA) is 84.2 Å². The maximum Gasteiger partial charge on any atom is 0.326 e. The average Bonchev–Trinajstić information content (AvgIpc) is 3.40. The summed E-state index contributed by atoms with van der Waals surface area (Å²) >= 11 is 0. The molecule has 1 aromatic heterocycles. The summed E-state index contributed by atoms with van der Waals surface area (Å²) in [6, 6.07) is 5.28. The Morgan fingerprint density at radius 1 is 1.12 bits per heavy atom. The van der Waals surface area contributed by atoms with Gasteiger partial charge in [-0.05, 0) is 55.2 Å². The highest BCUT2D eigenvalue weighted by molar-refractivity contribution is 5.99. The molecule has 0 aliphatic heterocycles.